The summed E-state index contributed by atoms with van der Waals surface area (Å²) in [6.07, 6.45) is 0.338. The van der Waals surface area contributed by atoms with Crippen LogP contribution in [0.25, 0.3) is 0 Å². The second kappa shape index (κ2) is 6.26. The van der Waals surface area contributed by atoms with Crippen molar-refractivity contribution in [3.63, 3.8) is 0 Å². The number of nitrogen functional groups attached to an aromatic ring is 1. The summed E-state index contributed by atoms with van der Waals surface area (Å²) in [6.45, 7) is 6.04. The normalized spacial score (nSPS) is 10.9. The molecule has 0 aromatic heterocycles. The average molecular weight is 251 g/mol. The zero-order chi connectivity index (χ0) is 13.6. The third-order valence-electron chi connectivity index (χ3n) is 2.18. The Morgan fingerprint density at radius 3 is 2.72 bits per heavy atom. The highest BCUT2D eigenvalue weighted by Gasteiger charge is 2.15. The van der Waals surface area contributed by atoms with Crippen LogP contribution < -0.4 is 16.6 Å². The molecule has 0 bridgehead atoms. The number of anilines is 1. The lowest BCUT2D eigenvalue weighted by Gasteiger charge is -2.19. The molecule has 4 N–H and O–H groups in total. The molecule has 18 heavy (non-hydrogen) atoms. The first-order chi connectivity index (χ1) is 8.40. The Hall–Kier alpha value is -1.75. The van der Waals surface area contributed by atoms with Crippen LogP contribution in [0.1, 0.15) is 26.3 Å². The van der Waals surface area contributed by atoms with Crippen molar-refractivity contribution in [2.45, 2.75) is 32.8 Å². The van der Waals surface area contributed by atoms with E-state index in [-0.39, 0.29) is 0 Å². The molecular formula is C13H21N3O2. The Bertz CT molecular complexity index is 399. The van der Waals surface area contributed by atoms with Crippen molar-refractivity contribution < 1.29 is 9.53 Å². The van der Waals surface area contributed by atoms with E-state index < -0.39 is 11.7 Å². The smallest absolute Gasteiger partial charge is 0.407 e. The van der Waals surface area contributed by atoms with Crippen LogP contribution in [0.4, 0.5) is 10.5 Å². The van der Waals surface area contributed by atoms with Gasteiger partial charge in [-0.2, -0.15) is 0 Å². The largest absolute Gasteiger partial charge is 0.444 e. The van der Waals surface area contributed by atoms with E-state index in [4.69, 9.17) is 10.6 Å². The van der Waals surface area contributed by atoms with Gasteiger partial charge in [-0.25, -0.2) is 4.79 Å². The average Bonchev–Trinajstić information content (AvgIpc) is 2.27. The van der Waals surface area contributed by atoms with Gasteiger partial charge in [-0.05, 0) is 44.9 Å². The van der Waals surface area contributed by atoms with Crippen molar-refractivity contribution >= 4 is 11.8 Å². The lowest BCUT2D eigenvalue weighted by Crippen LogP contribution is -2.33. The maximum atomic E-state index is 11.4. The summed E-state index contributed by atoms with van der Waals surface area (Å²) in [4.78, 5) is 11.4. The summed E-state index contributed by atoms with van der Waals surface area (Å²) in [6, 6.07) is 7.72. The molecule has 0 aliphatic carbocycles. The third kappa shape index (κ3) is 5.54. The van der Waals surface area contributed by atoms with Crippen molar-refractivity contribution in [1.82, 2.24) is 5.32 Å². The number of amides is 1. The SMILES string of the molecule is CC(C)(C)OC(=O)NCCc1cccc(NN)c1. The molecule has 0 atom stereocenters. The minimum atomic E-state index is -0.465. The number of benzene rings is 1. The molecule has 0 spiro atoms. The molecule has 1 aromatic rings. The molecule has 5 nitrogen and oxygen atoms in total. The van der Waals surface area contributed by atoms with E-state index in [1.54, 1.807) is 0 Å². The first kappa shape index (κ1) is 14.3. The lowest BCUT2D eigenvalue weighted by atomic mass is 10.1. The van der Waals surface area contributed by atoms with Crippen LogP contribution >= 0.6 is 0 Å². The van der Waals surface area contributed by atoms with Gasteiger partial charge in [-0.15, -0.1) is 0 Å². The molecule has 0 heterocycles. The first-order valence-corrected chi connectivity index (χ1v) is 5.93. The number of alkyl carbamates (subject to hydrolysis) is 1. The van der Waals surface area contributed by atoms with Gasteiger partial charge in [0.25, 0.3) is 0 Å². The fraction of sp³-hybridized carbons (Fsp3) is 0.462. The molecule has 1 rings (SSSR count). The van der Waals surface area contributed by atoms with Crippen molar-refractivity contribution in [2.75, 3.05) is 12.0 Å². The van der Waals surface area contributed by atoms with E-state index in [9.17, 15) is 4.79 Å². The topological polar surface area (TPSA) is 76.4 Å². The monoisotopic (exact) mass is 251 g/mol. The fourth-order valence-electron chi connectivity index (χ4n) is 1.44. The van der Waals surface area contributed by atoms with Crippen molar-refractivity contribution in [3.8, 4) is 0 Å². The standard InChI is InChI=1S/C13H21N3O2/c1-13(2,3)18-12(17)15-8-7-10-5-4-6-11(9-10)16-14/h4-6,9,16H,7-8,14H2,1-3H3,(H,15,17). The number of ether oxygens (including phenoxy) is 1. The Balaban J connectivity index is 2.35. The summed E-state index contributed by atoms with van der Waals surface area (Å²) in [5, 5.41) is 2.71. The minimum Gasteiger partial charge on any atom is -0.444 e. The number of nitrogens with one attached hydrogen (secondary N) is 2. The van der Waals surface area contributed by atoms with E-state index >= 15 is 0 Å². The van der Waals surface area contributed by atoms with Crippen LogP contribution in [-0.2, 0) is 11.2 Å². The van der Waals surface area contributed by atoms with E-state index in [0.29, 0.717) is 6.54 Å². The maximum Gasteiger partial charge on any atom is 0.407 e. The Morgan fingerprint density at radius 1 is 1.39 bits per heavy atom. The van der Waals surface area contributed by atoms with Gasteiger partial charge in [0.05, 0.1) is 0 Å². The van der Waals surface area contributed by atoms with Crippen molar-refractivity contribution in [1.29, 1.82) is 0 Å². The fourth-order valence-corrected chi connectivity index (χ4v) is 1.44. The highest BCUT2D eigenvalue weighted by Crippen LogP contribution is 2.09. The lowest BCUT2D eigenvalue weighted by molar-refractivity contribution is 0.0528. The van der Waals surface area contributed by atoms with Crippen LogP contribution in [0.3, 0.4) is 0 Å². The number of hydrogen-bond acceptors (Lipinski definition) is 4. The summed E-state index contributed by atoms with van der Waals surface area (Å²) in [5.74, 6) is 5.33. The van der Waals surface area contributed by atoms with Gasteiger partial charge in [0, 0.05) is 12.2 Å². The number of rotatable bonds is 4. The second-order valence-corrected chi connectivity index (χ2v) is 5.02. The molecule has 5 heteroatoms. The summed E-state index contributed by atoms with van der Waals surface area (Å²) in [7, 11) is 0. The molecule has 0 saturated carbocycles. The number of hydrazine groups is 1. The van der Waals surface area contributed by atoms with Crippen molar-refractivity contribution in [3.05, 3.63) is 29.8 Å². The molecule has 0 aliphatic rings. The molecule has 1 amide bonds. The molecule has 0 aliphatic heterocycles. The number of carbonyl (C=O) groups excluding carboxylic acids is 1. The zero-order valence-electron chi connectivity index (χ0n) is 11.1. The number of carbonyl (C=O) groups is 1. The summed E-state index contributed by atoms with van der Waals surface area (Å²) in [5.41, 5.74) is 4.07. The van der Waals surface area contributed by atoms with Crippen LogP contribution in [0.15, 0.2) is 24.3 Å². The van der Waals surface area contributed by atoms with Gasteiger partial charge in [0.15, 0.2) is 0 Å². The van der Waals surface area contributed by atoms with E-state index in [2.05, 4.69) is 10.7 Å². The molecule has 0 unspecified atom stereocenters. The van der Waals surface area contributed by atoms with E-state index in [0.717, 1.165) is 17.7 Å². The predicted octanol–water partition coefficient (Wildman–Crippen LogP) is 2.04. The second-order valence-electron chi connectivity index (χ2n) is 5.02. The van der Waals surface area contributed by atoms with Crippen LogP contribution in [0.5, 0.6) is 0 Å². The first-order valence-electron chi connectivity index (χ1n) is 5.93. The Kier molecular flexibility index (Phi) is 4.97. The predicted molar refractivity (Wildman–Crippen MR) is 72.2 cm³/mol. The van der Waals surface area contributed by atoms with Crippen LogP contribution in [-0.4, -0.2) is 18.2 Å². The van der Waals surface area contributed by atoms with Crippen LogP contribution in [0.2, 0.25) is 0 Å². The summed E-state index contributed by atoms with van der Waals surface area (Å²) < 4.78 is 5.14. The van der Waals surface area contributed by atoms with Gasteiger partial charge < -0.3 is 15.5 Å². The molecule has 100 valence electrons. The molecule has 0 radical (unpaired) electrons. The number of hydrogen-bond donors (Lipinski definition) is 3. The molecular weight excluding hydrogens is 230 g/mol. The van der Waals surface area contributed by atoms with Gasteiger partial charge in [-0.1, -0.05) is 12.1 Å². The van der Waals surface area contributed by atoms with Crippen LogP contribution in [0, 0.1) is 0 Å². The van der Waals surface area contributed by atoms with Gasteiger partial charge in [0.2, 0.25) is 0 Å². The quantitative estimate of drug-likeness (QED) is 0.565. The number of nitrogens with two attached hydrogens (primary N) is 1. The van der Waals surface area contributed by atoms with Gasteiger partial charge in [0.1, 0.15) is 5.60 Å². The highest BCUT2D eigenvalue weighted by atomic mass is 16.6. The third-order valence-corrected chi connectivity index (χ3v) is 2.18. The molecule has 1 aromatic carbocycles. The van der Waals surface area contributed by atoms with E-state index in [1.165, 1.54) is 0 Å². The Morgan fingerprint density at radius 2 is 2.11 bits per heavy atom. The highest BCUT2D eigenvalue weighted by molar-refractivity contribution is 5.67. The molecule has 0 fully saturated rings. The zero-order valence-corrected chi connectivity index (χ0v) is 11.1. The van der Waals surface area contributed by atoms with Gasteiger partial charge in [-0.3, -0.25) is 5.84 Å². The Labute approximate surface area is 108 Å². The van der Waals surface area contributed by atoms with E-state index in [1.807, 2.05) is 45.0 Å². The maximum absolute atomic E-state index is 11.4. The molecule has 0 saturated heterocycles. The van der Waals surface area contributed by atoms with Crippen molar-refractivity contribution in [2.24, 2.45) is 5.84 Å². The summed E-state index contributed by atoms with van der Waals surface area (Å²) >= 11 is 0. The minimum absolute atomic E-state index is 0.393. The van der Waals surface area contributed by atoms with Gasteiger partial charge >= 0.3 is 6.09 Å².